The van der Waals surface area contributed by atoms with Crippen molar-refractivity contribution in [1.82, 2.24) is 5.32 Å². The minimum absolute atomic E-state index is 0.738. The van der Waals surface area contributed by atoms with E-state index in [1.807, 2.05) is 12.1 Å². The van der Waals surface area contributed by atoms with Crippen LogP contribution in [0.2, 0.25) is 0 Å². The molecule has 2 rings (SSSR count). The van der Waals surface area contributed by atoms with Crippen molar-refractivity contribution in [2.75, 3.05) is 13.7 Å². The van der Waals surface area contributed by atoms with Crippen LogP contribution in [0, 0.1) is 11.8 Å². The highest BCUT2D eigenvalue weighted by Gasteiger charge is 2.17. The molecule has 0 saturated carbocycles. The van der Waals surface area contributed by atoms with Gasteiger partial charge in [-0.1, -0.05) is 30.7 Å². The maximum absolute atomic E-state index is 5.17. The van der Waals surface area contributed by atoms with Crippen molar-refractivity contribution in [3.8, 4) is 5.75 Å². The fourth-order valence-corrected chi connectivity index (χ4v) is 3.01. The van der Waals surface area contributed by atoms with Gasteiger partial charge in [0, 0.05) is 6.54 Å². The molecule has 0 aromatic heterocycles. The van der Waals surface area contributed by atoms with Crippen LogP contribution < -0.4 is 10.1 Å². The van der Waals surface area contributed by atoms with Crippen molar-refractivity contribution in [3.63, 3.8) is 0 Å². The molecule has 1 aromatic rings. The minimum Gasteiger partial charge on any atom is -0.497 e. The van der Waals surface area contributed by atoms with Crippen molar-refractivity contribution in [1.29, 1.82) is 0 Å². The largest absolute Gasteiger partial charge is 0.497 e. The van der Waals surface area contributed by atoms with Gasteiger partial charge in [-0.15, -0.1) is 0 Å². The SMILES string of the molecule is COc1ccc(CNCC2CC(C)=CC(C)C2)cc1. The van der Waals surface area contributed by atoms with E-state index in [1.54, 1.807) is 12.7 Å². The van der Waals surface area contributed by atoms with E-state index >= 15 is 0 Å². The van der Waals surface area contributed by atoms with E-state index in [1.165, 1.54) is 18.4 Å². The molecule has 2 nitrogen and oxygen atoms in total. The highest BCUT2D eigenvalue weighted by atomic mass is 16.5. The van der Waals surface area contributed by atoms with Crippen LogP contribution in [0.25, 0.3) is 0 Å². The van der Waals surface area contributed by atoms with Crippen molar-refractivity contribution in [2.45, 2.75) is 33.2 Å². The zero-order chi connectivity index (χ0) is 13.7. The summed E-state index contributed by atoms with van der Waals surface area (Å²) in [6.45, 7) is 6.63. The monoisotopic (exact) mass is 259 g/mol. The van der Waals surface area contributed by atoms with Crippen molar-refractivity contribution in [2.24, 2.45) is 11.8 Å². The van der Waals surface area contributed by atoms with Crippen LogP contribution in [0.15, 0.2) is 35.9 Å². The van der Waals surface area contributed by atoms with E-state index in [2.05, 4.69) is 37.4 Å². The second-order valence-electron chi connectivity index (χ2n) is 5.78. The lowest BCUT2D eigenvalue weighted by atomic mass is 9.84. The Balaban J connectivity index is 1.75. The topological polar surface area (TPSA) is 21.3 Å². The number of allylic oxidation sites excluding steroid dienone is 2. The van der Waals surface area contributed by atoms with Crippen LogP contribution in [0.4, 0.5) is 0 Å². The Bertz CT molecular complexity index is 421. The van der Waals surface area contributed by atoms with Crippen molar-refractivity contribution >= 4 is 0 Å². The summed E-state index contributed by atoms with van der Waals surface area (Å²) in [6, 6.07) is 8.29. The van der Waals surface area contributed by atoms with E-state index in [0.717, 1.165) is 30.7 Å². The second kappa shape index (κ2) is 6.76. The molecular formula is C17H25NO. The lowest BCUT2D eigenvalue weighted by Gasteiger charge is -2.25. The maximum atomic E-state index is 5.17. The molecular weight excluding hydrogens is 234 g/mol. The lowest BCUT2D eigenvalue weighted by Crippen LogP contribution is -2.25. The van der Waals surface area contributed by atoms with Crippen LogP contribution in [0.1, 0.15) is 32.3 Å². The molecule has 2 heteroatoms. The van der Waals surface area contributed by atoms with E-state index in [4.69, 9.17) is 4.74 Å². The van der Waals surface area contributed by atoms with Gasteiger partial charge in [0.05, 0.1) is 7.11 Å². The fraction of sp³-hybridized carbons (Fsp3) is 0.529. The third-order valence-electron chi connectivity index (χ3n) is 3.81. The van der Waals surface area contributed by atoms with Gasteiger partial charge in [0.1, 0.15) is 5.75 Å². The summed E-state index contributed by atoms with van der Waals surface area (Å²) in [5, 5.41) is 3.58. The molecule has 104 valence electrons. The summed E-state index contributed by atoms with van der Waals surface area (Å²) in [4.78, 5) is 0. The molecule has 19 heavy (non-hydrogen) atoms. The van der Waals surface area contributed by atoms with Gasteiger partial charge in [0.15, 0.2) is 0 Å². The highest BCUT2D eigenvalue weighted by molar-refractivity contribution is 5.27. The third-order valence-corrected chi connectivity index (χ3v) is 3.81. The summed E-state index contributed by atoms with van der Waals surface area (Å²) in [7, 11) is 1.70. The molecule has 1 aromatic carbocycles. The third kappa shape index (κ3) is 4.39. The van der Waals surface area contributed by atoms with Gasteiger partial charge < -0.3 is 10.1 Å². The van der Waals surface area contributed by atoms with Crippen LogP contribution in [-0.4, -0.2) is 13.7 Å². The molecule has 1 aliphatic carbocycles. The van der Waals surface area contributed by atoms with E-state index in [9.17, 15) is 0 Å². The van der Waals surface area contributed by atoms with E-state index in [0.29, 0.717) is 0 Å². The first-order chi connectivity index (χ1) is 9.17. The molecule has 0 radical (unpaired) electrons. The van der Waals surface area contributed by atoms with Crippen LogP contribution in [0.3, 0.4) is 0 Å². The van der Waals surface area contributed by atoms with Gasteiger partial charge in [-0.05, 0) is 55.8 Å². The van der Waals surface area contributed by atoms with Crippen molar-refractivity contribution < 1.29 is 4.74 Å². The molecule has 0 amide bonds. The molecule has 0 fully saturated rings. The quantitative estimate of drug-likeness (QED) is 0.813. The first kappa shape index (κ1) is 14.1. The Labute approximate surface area is 116 Å². The van der Waals surface area contributed by atoms with Gasteiger partial charge in [0.25, 0.3) is 0 Å². The first-order valence-electron chi connectivity index (χ1n) is 7.18. The predicted octanol–water partition coefficient (Wildman–Crippen LogP) is 3.78. The summed E-state index contributed by atoms with van der Waals surface area (Å²) in [5.74, 6) is 2.45. The Hall–Kier alpha value is -1.28. The van der Waals surface area contributed by atoms with Crippen molar-refractivity contribution in [3.05, 3.63) is 41.5 Å². The minimum atomic E-state index is 0.738. The van der Waals surface area contributed by atoms with Gasteiger partial charge in [-0.25, -0.2) is 0 Å². The summed E-state index contributed by atoms with van der Waals surface area (Å²) in [6.07, 6.45) is 4.98. The molecule has 0 aliphatic heterocycles. The molecule has 0 spiro atoms. The highest BCUT2D eigenvalue weighted by Crippen LogP contribution is 2.27. The molecule has 0 bridgehead atoms. The molecule has 0 heterocycles. The number of benzene rings is 1. The number of hydrogen-bond donors (Lipinski definition) is 1. The Morgan fingerprint density at radius 3 is 2.63 bits per heavy atom. The van der Waals surface area contributed by atoms with E-state index in [-0.39, 0.29) is 0 Å². The molecule has 0 saturated heterocycles. The maximum Gasteiger partial charge on any atom is 0.118 e. The smallest absolute Gasteiger partial charge is 0.118 e. The van der Waals surface area contributed by atoms with Gasteiger partial charge in [-0.2, -0.15) is 0 Å². The molecule has 2 atom stereocenters. The zero-order valence-electron chi connectivity index (χ0n) is 12.3. The molecule has 2 unspecified atom stereocenters. The van der Waals surface area contributed by atoms with Gasteiger partial charge >= 0.3 is 0 Å². The standard InChI is InChI=1S/C17H25NO/c1-13-8-14(2)10-16(9-13)12-18-11-15-4-6-17(19-3)7-5-15/h4-8,13,16,18H,9-12H2,1-3H3. The average molecular weight is 259 g/mol. The van der Waals surface area contributed by atoms with E-state index < -0.39 is 0 Å². The fourth-order valence-electron chi connectivity index (χ4n) is 3.01. The summed E-state index contributed by atoms with van der Waals surface area (Å²) >= 11 is 0. The predicted molar refractivity (Wildman–Crippen MR) is 80.3 cm³/mol. The normalized spacial score (nSPS) is 23.0. The zero-order valence-corrected chi connectivity index (χ0v) is 12.3. The van der Waals surface area contributed by atoms with Gasteiger partial charge in [0.2, 0.25) is 0 Å². The van der Waals surface area contributed by atoms with Crippen LogP contribution in [-0.2, 0) is 6.54 Å². The van der Waals surface area contributed by atoms with Gasteiger partial charge in [-0.3, -0.25) is 0 Å². The molecule has 1 N–H and O–H groups in total. The Kier molecular flexibility index (Phi) is 5.03. The second-order valence-corrected chi connectivity index (χ2v) is 5.78. The number of ether oxygens (including phenoxy) is 1. The Morgan fingerprint density at radius 1 is 1.26 bits per heavy atom. The summed E-state index contributed by atoms with van der Waals surface area (Å²) < 4.78 is 5.17. The Morgan fingerprint density at radius 2 is 2.00 bits per heavy atom. The number of hydrogen-bond acceptors (Lipinski definition) is 2. The van der Waals surface area contributed by atoms with Crippen LogP contribution in [0.5, 0.6) is 5.75 Å². The number of nitrogens with one attached hydrogen (secondary N) is 1. The number of rotatable bonds is 5. The average Bonchev–Trinajstić information content (AvgIpc) is 2.38. The lowest BCUT2D eigenvalue weighted by molar-refractivity contribution is 0.381. The number of methoxy groups -OCH3 is 1. The first-order valence-corrected chi connectivity index (χ1v) is 7.18. The molecule has 1 aliphatic rings. The summed E-state index contributed by atoms with van der Waals surface area (Å²) in [5.41, 5.74) is 2.87. The van der Waals surface area contributed by atoms with Crippen LogP contribution >= 0.6 is 0 Å².